The van der Waals surface area contributed by atoms with Crippen molar-refractivity contribution in [1.82, 2.24) is 10.6 Å². The van der Waals surface area contributed by atoms with Crippen molar-refractivity contribution in [3.8, 4) is 0 Å². The van der Waals surface area contributed by atoms with Gasteiger partial charge in [0, 0.05) is 32.0 Å². The summed E-state index contributed by atoms with van der Waals surface area (Å²) < 4.78 is 10.8. The number of nitrogens with zero attached hydrogens (tertiary/aromatic N) is 1. The van der Waals surface area contributed by atoms with Crippen LogP contribution in [0, 0.1) is 5.92 Å². The molecule has 24 heavy (non-hydrogen) atoms. The van der Waals surface area contributed by atoms with E-state index in [1.54, 1.807) is 6.26 Å². The van der Waals surface area contributed by atoms with Crippen LogP contribution in [0.2, 0.25) is 0 Å². The van der Waals surface area contributed by atoms with Crippen LogP contribution < -0.4 is 10.6 Å². The maximum Gasteiger partial charge on any atom is 0.191 e. The summed E-state index contributed by atoms with van der Waals surface area (Å²) in [5.41, 5.74) is 1.20. The minimum absolute atomic E-state index is 0.568. The number of guanidine groups is 1. The van der Waals surface area contributed by atoms with E-state index < -0.39 is 0 Å². The van der Waals surface area contributed by atoms with Gasteiger partial charge in [0.15, 0.2) is 5.96 Å². The number of nitrogens with one attached hydrogen (secondary N) is 2. The number of ether oxygens (including phenoxy) is 1. The van der Waals surface area contributed by atoms with Gasteiger partial charge in [0.2, 0.25) is 0 Å². The van der Waals surface area contributed by atoms with Crippen LogP contribution in [0.1, 0.15) is 17.7 Å². The van der Waals surface area contributed by atoms with E-state index in [1.807, 2.05) is 30.3 Å². The van der Waals surface area contributed by atoms with E-state index in [4.69, 9.17) is 14.1 Å². The summed E-state index contributed by atoms with van der Waals surface area (Å²) in [5.74, 6) is 2.39. The predicted molar refractivity (Wildman–Crippen MR) is 94.9 cm³/mol. The van der Waals surface area contributed by atoms with Gasteiger partial charge >= 0.3 is 0 Å². The zero-order chi connectivity index (χ0) is 16.5. The lowest BCUT2D eigenvalue weighted by molar-refractivity contribution is 0.186. The third-order valence-corrected chi connectivity index (χ3v) is 4.09. The Balaban J connectivity index is 1.52. The lowest BCUT2D eigenvalue weighted by atomic mass is 10.1. The highest BCUT2D eigenvalue weighted by Gasteiger charge is 2.15. The molecule has 0 radical (unpaired) electrons. The molecule has 1 saturated heterocycles. The number of rotatable bonds is 7. The van der Waals surface area contributed by atoms with Gasteiger partial charge in [0.25, 0.3) is 0 Å². The summed E-state index contributed by atoms with van der Waals surface area (Å²) in [5, 5.41) is 6.83. The van der Waals surface area contributed by atoms with Crippen LogP contribution in [-0.4, -0.2) is 32.3 Å². The first-order valence-electron chi connectivity index (χ1n) is 8.56. The first kappa shape index (κ1) is 16.6. The van der Waals surface area contributed by atoms with Crippen LogP contribution in [0.25, 0.3) is 0 Å². The van der Waals surface area contributed by atoms with Gasteiger partial charge in [-0.2, -0.15) is 0 Å². The summed E-state index contributed by atoms with van der Waals surface area (Å²) in [6.45, 7) is 4.05. The average molecular weight is 327 g/mol. The zero-order valence-corrected chi connectivity index (χ0v) is 13.9. The molecule has 0 amide bonds. The van der Waals surface area contributed by atoms with Crippen LogP contribution in [0.3, 0.4) is 0 Å². The molecule has 1 aliphatic heterocycles. The molecule has 2 aromatic rings. The quantitative estimate of drug-likeness (QED) is 0.606. The van der Waals surface area contributed by atoms with E-state index in [-0.39, 0.29) is 0 Å². The molecule has 3 rings (SSSR count). The van der Waals surface area contributed by atoms with Crippen LogP contribution in [0.4, 0.5) is 0 Å². The second-order valence-corrected chi connectivity index (χ2v) is 6.02. The van der Waals surface area contributed by atoms with Crippen molar-refractivity contribution in [3.63, 3.8) is 0 Å². The lowest BCUT2D eigenvalue weighted by Gasteiger charge is -2.15. The molecular weight excluding hydrogens is 302 g/mol. The molecule has 0 saturated carbocycles. The van der Waals surface area contributed by atoms with Gasteiger partial charge in [-0.3, -0.25) is 0 Å². The molecule has 0 spiro atoms. The van der Waals surface area contributed by atoms with E-state index in [0.717, 1.165) is 50.9 Å². The third-order valence-electron chi connectivity index (χ3n) is 4.09. The number of benzene rings is 1. The van der Waals surface area contributed by atoms with Crippen molar-refractivity contribution in [2.75, 3.05) is 26.3 Å². The molecule has 1 unspecified atom stereocenters. The summed E-state index contributed by atoms with van der Waals surface area (Å²) in [4.78, 5) is 4.70. The molecule has 5 heteroatoms. The fourth-order valence-electron chi connectivity index (χ4n) is 2.67. The molecule has 0 aliphatic carbocycles. The van der Waals surface area contributed by atoms with Crippen molar-refractivity contribution < 1.29 is 9.15 Å². The van der Waals surface area contributed by atoms with E-state index in [9.17, 15) is 0 Å². The molecule has 1 aromatic carbocycles. The molecule has 1 atom stereocenters. The topological polar surface area (TPSA) is 58.8 Å². The Bertz CT molecular complexity index is 605. The largest absolute Gasteiger partial charge is 0.469 e. The van der Waals surface area contributed by atoms with E-state index in [0.29, 0.717) is 12.5 Å². The van der Waals surface area contributed by atoms with Crippen molar-refractivity contribution in [1.29, 1.82) is 0 Å². The molecule has 1 aromatic heterocycles. The average Bonchev–Trinajstić information content (AvgIpc) is 3.31. The van der Waals surface area contributed by atoms with Gasteiger partial charge < -0.3 is 19.8 Å². The Labute approximate surface area is 143 Å². The smallest absolute Gasteiger partial charge is 0.191 e. The summed E-state index contributed by atoms with van der Waals surface area (Å²) in [7, 11) is 0. The Morgan fingerprint density at radius 1 is 1.12 bits per heavy atom. The van der Waals surface area contributed by atoms with Crippen molar-refractivity contribution in [2.24, 2.45) is 10.9 Å². The number of furan rings is 1. The highest BCUT2D eigenvalue weighted by Crippen LogP contribution is 2.10. The Kier molecular flexibility index (Phi) is 6.31. The standard InChI is InChI=1S/C19H25N3O2/c1-2-5-16(6-3-1)13-21-19(22-14-17-9-12-23-15-17)20-10-8-18-7-4-11-24-18/h1-7,11,17H,8-10,12-15H2,(H2,20,21,22). The van der Waals surface area contributed by atoms with Gasteiger partial charge in [-0.1, -0.05) is 30.3 Å². The molecule has 0 bridgehead atoms. The van der Waals surface area contributed by atoms with Gasteiger partial charge in [0.1, 0.15) is 5.76 Å². The van der Waals surface area contributed by atoms with Crippen LogP contribution in [0.15, 0.2) is 58.1 Å². The van der Waals surface area contributed by atoms with Crippen LogP contribution in [0.5, 0.6) is 0 Å². The third kappa shape index (κ3) is 5.42. The van der Waals surface area contributed by atoms with Crippen LogP contribution in [-0.2, 0) is 17.7 Å². The first-order chi connectivity index (χ1) is 11.9. The van der Waals surface area contributed by atoms with Crippen molar-refractivity contribution in [3.05, 3.63) is 60.1 Å². The zero-order valence-electron chi connectivity index (χ0n) is 13.9. The van der Waals surface area contributed by atoms with Gasteiger partial charge in [-0.05, 0) is 24.1 Å². The van der Waals surface area contributed by atoms with Crippen LogP contribution >= 0.6 is 0 Å². The second kappa shape index (κ2) is 9.13. The Morgan fingerprint density at radius 2 is 2.04 bits per heavy atom. The summed E-state index contributed by atoms with van der Waals surface area (Å²) >= 11 is 0. The monoisotopic (exact) mass is 327 g/mol. The Morgan fingerprint density at radius 3 is 2.79 bits per heavy atom. The summed E-state index contributed by atoms with van der Waals surface area (Å²) in [6, 6.07) is 14.2. The van der Waals surface area contributed by atoms with Gasteiger partial charge in [-0.25, -0.2) is 4.99 Å². The Hall–Kier alpha value is -2.27. The molecule has 1 fully saturated rings. The lowest BCUT2D eigenvalue weighted by Crippen LogP contribution is -2.40. The minimum Gasteiger partial charge on any atom is -0.469 e. The molecule has 128 valence electrons. The van der Waals surface area contributed by atoms with Gasteiger partial charge in [0.05, 0.1) is 19.4 Å². The van der Waals surface area contributed by atoms with E-state index in [1.165, 1.54) is 5.56 Å². The molecule has 2 N–H and O–H groups in total. The SMILES string of the molecule is c1ccc(CN=C(NCCc2ccco2)NCC2CCOC2)cc1. The number of hydrogen-bond acceptors (Lipinski definition) is 3. The highest BCUT2D eigenvalue weighted by molar-refractivity contribution is 5.79. The number of hydrogen-bond donors (Lipinski definition) is 2. The minimum atomic E-state index is 0.568. The highest BCUT2D eigenvalue weighted by atomic mass is 16.5. The number of aliphatic imine (C=N–C) groups is 1. The molecule has 5 nitrogen and oxygen atoms in total. The summed E-state index contributed by atoms with van der Waals surface area (Å²) in [6.07, 6.45) is 3.66. The molecule has 2 heterocycles. The van der Waals surface area contributed by atoms with Crippen molar-refractivity contribution >= 4 is 5.96 Å². The predicted octanol–water partition coefficient (Wildman–Crippen LogP) is 2.59. The maximum atomic E-state index is 5.44. The normalized spacial score (nSPS) is 17.8. The fourth-order valence-corrected chi connectivity index (χ4v) is 2.67. The second-order valence-electron chi connectivity index (χ2n) is 6.02. The first-order valence-corrected chi connectivity index (χ1v) is 8.56. The van der Waals surface area contributed by atoms with E-state index in [2.05, 4.69) is 22.8 Å². The van der Waals surface area contributed by atoms with Crippen molar-refractivity contribution in [2.45, 2.75) is 19.4 Å². The van der Waals surface area contributed by atoms with Gasteiger partial charge in [-0.15, -0.1) is 0 Å². The fraction of sp³-hybridized carbons (Fsp3) is 0.421. The molecular formula is C19H25N3O2. The maximum absolute atomic E-state index is 5.44. The van der Waals surface area contributed by atoms with E-state index >= 15 is 0 Å². The molecule has 1 aliphatic rings.